The molecule has 76 valence electrons. The molecule has 0 N–H and O–H groups in total. The Morgan fingerprint density at radius 2 is 1.46 bits per heavy atom. The van der Waals surface area contributed by atoms with Crippen molar-refractivity contribution in [1.82, 2.24) is 0 Å². The van der Waals surface area contributed by atoms with Crippen LogP contribution in [0, 0.1) is 11.8 Å². The summed E-state index contributed by atoms with van der Waals surface area (Å²) in [5.74, 6) is 4.68. The lowest BCUT2D eigenvalue weighted by molar-refractivity contribution is 0.289. The first-order chi connectivity index (χ1) is 6.26. The van der Waals surface area contributed by atoms with E-state index < -0.39 is 0 Å². The van der Waals surface area contributed by atoms with Crippen LogP contribution in [0.5, 0.6) is 0 Å². The lowest BCUT2D eigenvalue weighted by Crippen LogP contribution is -2.42. The maximum Gasteiger partial charge on any atom is 0.0661 e. The van der Waals surface area contributed by atoms with Crippen molar-refractivity contribution < 1.29 is 0 Å². The Labute approximate surface area is 90.6 Å². The zero-order valence-corrected chi connectivity index (χ0v) is 10.3. The molecule has 0 aromatic carbocycles. The van der Waals surface area contributed by atoms with E-state index in [1.165, 1.54) is 37.2 Å². The summed E-state index contributed by atoms with van der Waals surface area (Å²) in [5.41, 5.74) is 0. The molecule has 0 aromatic heterocycles. The molecule has 0 bridgehead atoms. The van der Waals surface area contributed by atoms with Gasteiger partial charge in [0.2, 0.25) is 0 Å². The fourth-order valence-electron chi connectivity index (χ4n) is 2.75. The Kier molecular flexibility index (Phi) is 3.19. The van der Waals surface area contributed by atoms with E-state index in [1.807, 2.05) is 0 Å². The van der Waals surface area contributed by atoms with E-state index >= 15 is 0 Å². The minimum absolute atomic E-state index is 0.608. The SMILES string of the molecule is CC1CCCC(C)C12SCCCS2. The molecule has 2 fully saturated rings. The highest BCUT2D eigenvalue weighted by Gasteiger charge is 2.45. The van der Waals surface area contributed by atoms with E-state index in [-0.39, 0.29) is 0 Å². The van der Waals surface area contributed by atoms with Crippen LogP contribution in [0.25, 0.3) is 0 Å². The molecule has 0 radical (unpaired) electrons. The molecule has 1 saturated heterocycles. The van der Waals surface area contributed by atoms with Gasteiger partial charge in [0.05, 0.1) is 4.08 Å². The number of hydrogen-bond donors (Lipinski definition) is 0. The molecular formula is C11H20S2. The van der Waals surface area contributed by atoms with E-state index in [0.29, 0.717) is 4.08 Å². The Morgan fingerprint density at radius 3 is 2.00 bits per heavy atom. The first-order valence-corrected chi connectivity index (χ1v) is 7.51. The summed E-state index contributed by atoms with van der Waals surface area (Å²) in [6.07, 6.45) is 5.82. The number of rotatable bonds is 0. The lowest BCUT2D eigenvalue weighted by Gasteiger charge is -2.48. The molecule has 2 rings (SSSR count). The minimum atomic E-state index is 0.608. The van der Waals surface area contributed by atoms with Crippen molar-refractivity contribution in [2.45, 2.75) is 43.6 Å². The molecule has 1 aliphatic carbocycles. The summed E-state index contributed by atoms with van der Waals surface area (Å²) in [7, 11) is 0. The molecule has 2 unspecified atom stereocenters. The Morgan fingerprint density at radius 1 is 0.923 bits per heavy atom. The normalized spacial score (nSPS) is 39.2. The summed E-state index contributed by atoms with van der Waals surface area (Å²) in [5, 5.41) is 0. The van der Waals surface area contributed by atoms with Crippen molar-refractivity contribution in [3.63, 3.8) is 0 Å². The summed E-state index contributed by atoms with van der Waals surface area (Å²) >= 11 is 4.53. The smallest absolute Gasteiger partial charge is 0.0661 e. The molecule has 0 aromatic rings. The average Bonchev–Trinajstić information content (AvgIpc) is 2.16. The highest BCUT2D eigenvalue weighted by atomic mass is 32.2. The third-order valence-electron chi connectivity index (χ3n) is 3.59. The molecule has 2 heteroatoms. The van der Waals surface area contributed by atoms with Crippen molar-refractivity contribution in [3.8, 4) is 0 Å². The molecule has 1 saturated carbocycles. The molecule has 1 heterocycles. The van der Waals surface area contributed by atoms with Gasteiger partial charge < -0.3 is 0 Å². The van der Waals surface area contributed by atoms with Gasteiger partial charge in [-0.3, -0.25) is 0 Å². The van der Waals surface area contributed by atoms with Crippen LogP contribution in [0.3, 0.4) is 0 Å². The van der Waals surface area contributed by atoms with E-state index in [1.54, 1.807) is 0 Å². The zero-order valence-electron chi connectivity index (χ0n) is 8.71. The Hall–Kier alpha value is 0.700. The van der Waals surface area contributed by atoms with Crippen molar-refractivity contribution in [2.75, 3.05) is 11.5 Å². The van der Waals surface area contributed by atoms with E-state index in [0.717, 1.165) is 11.8 Å². The van der Waals surface area contributed by atoms with Crippen LogP contribution in [-0.2, 0) is 0 Å². The van der Waals surface area contributed by atoms with Crippen molar-refractivity contribution in [1.29, 1.82) is 0 Å². The van der Waals surface area contributed by atoms with Crippen LogP contribution < -0.4 is 0 Å². The number of hydrogen-bond acceptors (Lipinski definition) is 2. The number of thioether (sulfide) groups is 2. The van der Waals surface area contributed by atoms with Crippen LogP contribution in [0.2, 0.25) is 0 Å². The van der Waals surface area contributed by atoms with Gasteiger partial charge in [-0.25, -0.2) is 0 Å². The quantitative estimate of drug-likeness (QED) is 0.600. The molecule has 13 heavy (non-hydrogen) atoms. The standard InChI is InChI=1S/C11H20S2/c1-9-5-3-6-10(2)11(9)12-7-4-8-13-11/h9-10H,3-8H2,1-2H3. The lowest BCUT2D eigenvalue weighted by atomic mass is 9.82. The monoisotopic (exact) mass is 216 g/mol. The van der Waals surface area contributed by atoms with Crippen LogP contribution in [-0.4, -0.2) is 15.6 Å². The molecule has 0 amide bonds. The predicted octanol–water partition coefficient (Wildman–Crippen LogP) is 4.01. The van der Waals surface area contributed by atoms with Crippen LogP contribution in [0.15, 0.2) is 0 Å². The summed E-state index contributed by atoms with van der Waals surface area (Å²) in [6.45, 7) is 4.95. The van der Waals surface area contributed by atoms with Gasteiger partial charge in [-0.05, 0) is 42.6 Å². The largest absolute Gasteiger partial charge is 0.144 e. The highest BCUT2D eigenvalue weighted by molar-refractivity contribution is 8.18. The topological polar surface area (TPSA) is 0 Å². The average molecular weight is 216 g/mol. The third kappa shape index (κ3) is 1.77. The van der Waals surface area contributed by atoms with Gasteiger partial charge in [-0.15, -0.1) is 23.5 Å². The molecule has 1 aliphatic heterocycles. The van der Waals surface area contributed by atoms with Crippen LogP contribution >= 0.6 is 23.5 Å². The second-order valence-corrected chi connectivity index (χ2v) is 7.51. The fraction of sp³-hybridized carbons (Fsp3) is 1.00. The first-order valence-electron chi connectivity index (χ1n) is 5.53. The second-order valence-electron chi connectivity index (χ2n) is 4.50. The van der Waals surface area contributed by atoms with Crippen molar-refractivity contribution >= 4 is 23.5 Å². The molecular weight excluding hydrogens is 196 g/mol. The molecule has 1 spiro atoms. The Bertz CT molecular complexity index is 161. The molecule has 0 nitrogen and oxygen atoms in total. The second kappa shape index (κ2) is 4.06. The third-order valence-corrected chi connectivity index (χ3v) is 7.80. The van der Waals surface area contributed by atoms with Gasteiger partial charge in [0.1, 0.15) is 0 Å². The Balaban J connectivity index is 2.13. The van der Waals surface area contributed by atoms with Crippen molar-refractivity contribution in [3.05, 3.63) is 0 Å². The van der Waals surface area contributed by atoms with Crippen LogP contribution in [0.4, 0.5) is 0 Å². The molecule has 2 aliphatic rings. The maximum atomic E-state index is 2.47. The van der Waals surface area contributed by atoms with Gasteiger partial charge in [-0.2, -0.15) is 0 Å². The summed E-state index contributed by atoms with van der Waals surface area (Å²) < 4.78 is 0.608. The predicted molar refractivity (Wildman–Crippen MR) is 64.4 cm³/mol. The minimum Gasteiger partial charge on any atom is -0.144 e. The summed E-state index contributed by atoms with van der Waals surface area (Å²) in [6, 6.07) is 0. The molecule has 2 atom stereocenters. The van der Waals surface area contributed by atoms with Crippen LogP contribution in [0.1, 0.15) is 39.5 Å². The summed E-state index contributed by atoms with van der Waals surface area (Å²) in [4.78, 5) is 0. The van der Waals surface area contributed by atoms with Gasteiger partial charge in [-0.1, -0.05) is 20.3 Å². The van der Waals surface area contributed by atoms with Gasteiger partial charge in [0, 0.05) is 0 Å². The van der Waals surface area contributed by atoms with E-state index in [9.17, 15) is 0 Å². The zero-order chi connectivity index (χ0) is 9.31. The first kappa shape index (κ1) is 10.2. The fourth-order valence-corrected chi connectivity index (χ4v) is 6.59. The highest BCUT2D eigenvalue weighted by Crippen LogP contribution is 2.56. The maximum absolute atomic E-state index is 2.47. The van der Waals surface area contributed by atoms with Gasteiger partial charge in [0.25, 0.3) is 0 Å². The van der Waals surface area contributed by atoms with Gasteiger partial charge >= 0.3 is 0 Å². The van der Waals surface area contributed by atoms with Gasteiger partial charge in [0.15, 0.2) is 0 Å². The van der Waals surface area contributed by atoms with E-state index in [4.69, 9.17) is 0 Å². The van der Waals surface area contributed by atoms with E-state index in [2.05, 4.69) is 37.4 Å². The van der Waals surface area contributed by atoms with Crippen molar-refractivity contribution in [2.24, 2.45) is 11.8 Å².